The Balaban J connectivity index is 1.42. The lowest BCUT2D eigenvalue weighted by atomic mass is 10.3. The fourth-order valence-corrected chi connectivity index (χ4v) is 2.38. The molecule has 0 bridgehead atoms. The van der Waals surface area contributed by atoms with Gasteiger partial charge in [0.1, 0.15) is 49.4 Å². The molecule has 0 aromatic heterocycles. The summed E-state index contributed by atoms with van der Waals surface area (Å²) in [5.74, 6) is 3.09. The summed E-state index contributed by atoms with van der Waals surface area (Å²) < 4.78 is 33.0. The van der Waals surface area contributed by atoms with Crippen LogP contribution in [0.2, 0.25) is 0 Å². The molecule has 8 nitrogen and oxygen atoms in total. The summed E-state index contributed by atoms with van der Waals surface area (Å²) in [5, 5.41) is 0. The second-order valence-electron chi connectivity index (χ2n) is 6.14. The van der Waals surface area contributed by atoms with E-state index in [4.69, 9.17) is 39.9 Å². The SMILES string of the molecule is NCCOc1ccc(OCCOCCOCCOc2ccc(OCCN)cc2)cc1. The molecule has 166 valence electrons. The number of ether oxygens (including phenoxy) is 6. The van der Waals surface area contributed by atoms with E-state index in [0.29, 0.717) is 65.9 Å². The van der Waals surface area contributed by atoms with Crippen molar-refractivity contribution in [3.05, 3.63) is 48.5 Å². The van der Waals surface area contributed by atoms with Gasteiger partial charge in [-0.3, -0.25) is 0 Å². The van der Waals surface area contributed by atoms with Gasteiger partial charge in [-0.1, -0.05) is 0 Å². The van der Waals surface area contributed by atoms with Crippen molar-refractivity contribution in [1.82, 2.24) is 0 Å². The van der Waals surface area contributed by atoms with E-state index in [1.54, 1.807) is 0 Å². The third-order valence-corrected chi connectivity index (χ3v) is 3.79. The molecular formula is C22H32N2O6. The second kappa shape index (κ2) is 15.3. The Morgan fingerprint density at radius 1 is 0.400 bits per heavy atom. The van der Waals surface area contributed by atoms with Crippen molar-refractivity contribution >= 4 is 0 Å². The molecule has 0 aliphatic rings. The molecule has 0 fully saturated rings. The molecule has 0 spiro atoms. The first-order valence-corrected chi connectivity index (χ1v) is 10.1. The summed E-state index contributed by atoms with van der Waals surface area (Å²) in [4.78, 5) is 0. The lowest BCUT2D eigenvalue weighted by molar-refractivity contribution is 0.0273. The molecule has 0 radical (unpaired) electrons. The van der Waals surface area contributed by atoms with Gasteiger partial charge in [0, 0.05) is 13.1 Å². The highest BCUT2D eigenvalue weighted by Crippen LogP contribution is 2.18. The van der Waals surface area contributed by atoms with Gasteiger partial charge in [0.15, 0.2) is 0 Å². The average Bonchev–Trinajstić information content (AvgIpc) is 2.79. The molecule has 2 aromatic carbocycles. The molecule has 0 aliphatic carbocycles. The van der Waals surface area contributed by atoms with E-state index < -0.39 is 0 Å². The summed E-state index contributed by atoms with van der Waals surface area (Å²) in [6, 6.07) is 14.8. The lowest BCUT2D eigenvalue weighted by Gasteiger charge is -2.10. The van der Waals surface area contributed by atoms with Gasteiger partial charge < -0.3 is 39.9 Å². The molecule has 4 N–H and O–H groups in total. The van der Waals surface area contributed by atoms with Crippen LogP contribution in [0.3, 0.4) is 0 Å². The Bertz CT molecular complexity index is 607. The van der Waals surface area contributed by atoms with E-state index in [1.165, 1.54) is 0 Å². The van der Waals surface area contributed by atoms with Crippen LogP contribution in [0.5, 0.6) is 23.0 Å². The number of hydrogen-bond donors (Lipinski definition) is 2. The molecule has 0 aliphatic heterocycles. The highest BCUT2D eigenvalue weighted by Gasteiger charge is 1.98. The average molecular weight is 421 g/mol. The maximum Gasteiger partial charge on any atom is 0.119 e. The summed E-state index contributed by atoms with van der Waals surface area (Å²) in [7, 11) is 0. The topological polar surface area (TPSA) is 107 Å². The maximum absolute atomic E-state index is 5.61. The molecule has 2 rings (SSSR count). The van der Waals surface area contributed by atoms with Crippen molar-refractivity contribution in [3.63, 3.8) is 0 Å². The quantitative estimate of drug-likeness (QED) is 0.374. The Morgan fingerprint density at radius 2 is 0.667 bits per heavy atom. The second-order valence-corrected chi connectivity index (χ2v) is 6.14. The molecule has 0 atom stereocenters. The van der Waals surface area contributed by atoms with Gasteiger partial charge in [-0.05, 0) is 48.5 Å². The van der Waals surface area contributed by atoms with Crippen LogP contribution in [-0.2, 0) is 9.47 Å². The van der Waals surface area contributed by atoms with Gasteiger partial charge in [-0.25, -0.2) is 0 Å². The zero-order valence-electron chi connectivity index (χ0n) is 17.3. The number of nitrogens with two attached hydrogens (primary N) is 2. The fourth-order valence-electron chi connectivity index (χ4n) is 2.38. The predicted molar refractivity (Wildman–Crippen MR) is 115 cm³/mol. The Morgan fingerprint density at radius 3 is 0.967 bits per heavy atom. The van der Waals surface area contributed by atoms with Crippen molar-refractivity contribution in [3.8, 4) is 23.0 Å². The first-order valence-electron chi connectivity index (χ1n) is 10.1. The number of benzene rings is 2. The Kier molecular flexibility index (Phi) is 12.1. The molecule has 0 amide bonds. The molecular weight excluding hydrogens is 388 g/mol. The van der Waals surface area contributed by atoms with Crippen LogP contribution >= 0.6 is 0 Å². The summed E-state index contributed by atoms with van der Waals surface area (Å²) in [6.45, 7) is 4.91. The van der Waals surface area contributed by atoms with Crippen molar-refractivity contribution < 1.29 is 28.4 Å². The zero-order valence-corrected chi connectivity index (χ0v) is 17.3. The Hall–Kier alpha value is -2.52. The molecule has 30 heavy (non-hydrogen) atoms. The minimum Gasteiger partial charge on any atom is -0.492 e. The van der Waals surface area contributed by atoms with Gasteiger partial charge >= 0.3 is 0 Å². The highest BCUT2D eigenvalue weighted by molar-refractivity contribution is 5.31. The molecule has 2 aromatic rings. The van der Waals surface area contributed by atoms with E-state index in [1.807, 2.05) is 48.5 Å². The van der Waals surface area contributed by atoms with Crippen molar-refractivity contribution in [2.75, 3.05) is 65.9 Å². The van der Waals surface area contributed by atoms with Gasteiger partial charge in [0.05, 0.1) is 26.4 Å². The normalized spacial score (nSPS) is 10.6. The first kappa shape index (κ1) is 23.8. The largest absolute Gasteiger partial charge is 0.492 e. The van der Waals surface area contributed by atoms with Crippen LogP contribution < -0.4 is 30.4 Å². The van der Waals surface area contributed by atoms with Crippen LogP contribution in [-0.4, -0.2) is 65.9 Å². The highest BCUT2D eigenvalue weighted by atomic mass is 16.6. The summed E-state index contributed by atoms with van der Waals surface area (Å²) >= 11 is 0. The van der Waals surface area contributed by atoms with E-state index in [2.05, 4.69) is 0 Å². The number of hydrogen-bond acceptors (Lipinski definition) is 8. The van der Waals surface area contributed by atoms with Crippen LogP contribution in [0.1, 0.15) is 0 Å². The first-order chi connectivity index (χ1) is 14.8. The number of rotatable bonds is 17. The summed E-state index contributed by atoms with van der Waals surface area (Å²) in [5.41, 5.74) is 10.8. The third kappa shape index (κ3) is 10.3. The standard InChI is InChI=1S/C22H32N2O6/c23-9-11-27-19-1-5-21(6-2-19)29-17-15-25-13-14-26-16-18-30-22-7-3-20(4-8-22)28-12-10-24/h1-8H,9-18,23-24H2. The van der Waals surface area contributed by atoms with E-state index in [9.17, 15) is 0 Å². The van der Waals surface area contributed by atoms with Crippen LogP contribution in [0.4, 0.5) is 0 Å². The zero-order chi connectivity index (χ0) is 21.3. The van der Waals surface area contributed by atoms with Crippen LogP contribution in [0, 0.1) is 0 Å². The molecule has 8 heteroatoms. The van der Waals surface area contributed by atoms with Gasteiger partial charge in [-0.15, -0.1) is 0 Å². The van der Waals surface area contributed by atoms with E-state index in [0.717, 1.165) is 23.0 Å². The van der Waals surface area contributed by atoms with Gasteiger partial charge in [0.2, 0.25) is 0 Å². The molecule has 0 unspecified atom stereocenters. The predicted octanol–water partition coefficient (Wildman–Crippen LogP) is 1.85. The maximum atomic E-state index is 5.61. The Labute approximate surface area is 177 Å². The minimum absolute atomic E-state index is 0.469. The molecule has 0 saturated carbocycles. The van der Waals surface area contributed by atoms with Crippen LogP contribution in [0.15, 0.2) is 48.5 Å². The van der Waals surface area contributed by atoms with Crippen molar-refractivity contribution in [2.24, 2.45) is 11.5 Å². The van der Waals surface area contributed by atoms with E-state index >= 15 is 0 Å². The third-order valence-electron chi connectivity index (χ3n) is 3.79. The van der Waals surface area contributed by atoms with Gasteiger partial charge in [-0.2, -0.15) is 0 Å². The fraction of sp³-hybridized carbons (Fsp3) is 0.455. The van der Waals surface area contributed by atoms with Crippen molar-refractivity contribution in [2.45, 2.75) is 0 Å². The smallest absolute Gasteiger partial charge is 0.119 e. The van der Waals surface area contributed by atoms with Crippen LogP contribution in [0.25, 0.3) is 0 Å². The lowest BCUT2D eigenvalue weighted by Crippen LogP contribution is -2.13. The van der Waals surface area contributed by atoms with Gasteiger partial charge in [0.25, 0.3) is 0 Å². The van der Waals surface area contributed by atoms with E-state index in [-0.39, 0.29) is 0 Å². The monoisotopic (exact) mass is 420 g/mol. The molecule has 0 saturated heterocycles. The molecule has 0 heterocycles. The summed E-state index contributed by atoms with van der Waals surface area (Å²) in [6.07, 6.45) is 0. The minimum atomic E-state index is 0.469. The van der Waals surface area contributed by atoms with Crippen molar-refractivity contribution in [1.29, 1.82) is 0 Å².